The van der Waals surface area contributed by atoms with Crippen molar-refractivity contribution in [2.24, 2.45) is 0 Å². The lowest BCUT2D eigenvalue weighted by molar-refractivity contribution is -0.218. The van der Waals surface area contributed by atoms with Crippen LogP contribution in [-0.2, 0) is 11.3 Å². The van der Waals surface area contributed by atoms with Crippen molar-refractivity contribution in [3.05, 3.63) is 78.0 Å². The molecule has 1 amide bonds. The molecule has 1 aliphatic rings. The fraction of sp³-hybridized carbons (Fsp3) is 0.250. The molecule has 0 spiro atoms. The smallest absolute Gasteiger partial charge is 0.414 e. The highest BCUT2D eigenvalue weighted by Crippen LogP contribution is 2.50. The van der Waals surface area contributed by atoms with Crippen LogP contribution in [0, 0.1) is 0 Å². The van der Waals surface area contributed by atoms with Crippen LogP contribution in [0.1, 0.15) is 17.2 Å². The first-order valence-corrected chi connectivity index (χ1v) is 8.34. The summed E-state index contributed by atoms with van der Waals surface area (Å²) in [6.45, 7) is -0.179. The van der Waals surface area contributed by atoms with E-state index in [0.29, 0.717) is 22.4 Å². The number of amides is 1. The van der Waals surface area contributed by atoms with E-state index in [1.165, 1.54) is 31.4 Å². The third-order valence-electron chi connectivity index (χ3n) is 4.36. The van der Waals surface area contributed by atoms with Gasteiger partial charge in [0.25, 0.3) is 0 Å². The summed E-state index contributed by atoms with van der Waals surface area (Å²) in [6, 6.07) is 11.5. The van der Waals surface area contributed by atoms with E-state index in [0.717, 1.165) is 0 Å². The molecular weight excluding hydrogens is 378 g/mol. The van der Waals surface area contributed by atoms with Crippen LogP contribution in [-0.4, -0.2) is 29.9 Å². The molecule has 0 fully saturated rings. The van der Waals surface area contributed by atoms with Gasteiger partial charge in [0.05, 0.1) is 7.11 Å². The van der Waals surface area contributed by atoms with E-state index >= 15 is 0 Å². The molecular formula is C20H17F4NO3. The second-order valence-electron chi connectivity index (χ2n) is 6.18. The van der Waals surface area contributed by atoms with Crippen LogP contribution >= 0.6 is 0 Å². The number of nitrogens with zero attached hydrogens (tertiary/aromatic N) is 1. The predicted octanol–water partition coefficient (Wildman–Crippen LogP) is 5.17. The third kappa shape index (κ3) is 3.67. The van der Waals surface area contributed by atoms with Crippen molar-refractivity contribution in [3.8, 4) is 5.75 Å². The molecule has 4 nitrogen and oxygen atoms in total. The molecule has 1 unspecified atom stereocenters. The predicted molar refractivity (Wildman–Crippen MR) is 93.2 cm³/mol. The summed E-state index contributed by atoms with van der Waals surface area (Å²) >= 11 is 0. The van der Waals surface area contributed by atoms with Gasteiger partial charge in [-0.05, 0) is 23.3 Å². The number of methoxy groups -OCH3 is 1. The van der Waals surface area contributed by atoms with Gasteiger partial charge in [-0.15, -0.1) is 0 Å². The van der Waals surface area contributed by atoms with Gasteiger partial charge in [0.1, 0.15) is 18.4 Å². The van der Waals surface area contributed by atoms with Gasteiger partial charge in [-0.1, -0.05) is 42.5 Å². The minimum Gasteiger partial charge on any atom is -0.497 e. The van der Waals surface area contributed by atoms with E-state index in [-0.39, 0.29) is 18.2 Å². The van der Waals surface area contributed by atoms with Crippen molar-refractivity contribution in [2.45, 2.75) is 24.5 Å². The van der Waals surface area contributed by atoms with E-state index in [2.05, 4.69) is 0 Å². The Hall–Kier alpha value is -3.03. The Morgan fingerprint density at radius 1 is 1.04 bits per heavy atom. The lowest BCUT2D eigenvalue weighted by atomic mass is 9.92. The standard InChI is InChI=1S/C20H17F4NO3/c1-27-16-9-7-15(8-10-16)17-20(23,24)19(21,22)11-12-25(17)18(26)28-13-14-5-3-2-4-6-14/h2-12,17H,13H2,1H3. The van der Waals surface area contributed by atoms with E-state index in [4.69, 9.17) is 9.47 Å². The Morgan fingerprint density at radius 2 is 1.68 bits per heavy atom. The quantitative estimate of drug-likeness (QED) is 0.671. The summed E-state index contributed by atoms with van der Waals surface area (Å²) in [5.74, 6) is -8.60. The minimum atomic E-state index is -4.54. The average molecular weight is 395 g/mol. The zero-order valence-electron chi connectivity index (χ0n) is 14.8. The van der Waals surface area contributed by atoms with Crippen molar-refractivity contribution in [2.75, 3.05) is 7.11 Å². The van der Waals surface area contributed by atoms with Crippen molar-refractivity contribution in [1.29, 1.82) is 0 Å². The van der Waals surface area contributed by atoms with Crippen molar-refractivity contribution in [3.63, 3.8) is 0 Å². The molecule has 0 aliphatic carbocycles. The van der Waals surface area contributed by atoms with Gasteiger partial charge in [0.2, 0.25) is 0 Å². The molecule has 0 radical (unpaired) electrons. The molecule has 148 valence electrons. The van der Waals surface area contributed by atoms with Crippen LogP contribution < -0.4 is 4.74 Å². The largest absolute Gasteiger partial charge is 0.497 e. The van der Waals surface area contributed by atoms with Gasteiger partial charge in [-0.25, -0.2) is 4.79 Å². The zero-order valence-corrected chi connectivity index (χ0v) is 14.8. The molecule has 0 saturated heterocycles. The highest BCUT2D eigenvalue weighted by Gasteiger charge is 2.64. The van der Waals surface area contributed by atoms with Crippen molar-refractivity contribution in [1.82, 2.24) is 4.90 Å². The first-order valence-electron chi connectivity index (χ1n) is 8.34. The van der Waals surface area contributed by atoms with Gasteiger partial charge in [0, 0.05) is 12.3 Å². The minimum absolute atomic E-state index is 0.0107. The second-order valence-corrected chi connectivity index (χ2v) is 6.18. The van der Waals surface area contributed by atoms with E-state index in [9.17, 15) is 22.4 Å². The number of carbonyl (C=O) groups is 1. The van der Waals surface area contributed by atoms with Gasteiger partial charge < -0.3 is 9.47 Å². The van der Waals surface area contributed by atoms with Gasteiger partial charge >= 0.3 is 17.9 Å². The highest BCUT2D eigenvalue weighted by atomic mass is 19.3. The molecule has 28 heavy (non-hydrogen) atoms. The summed E-state index contributed by atoms with van der Waals surface area (Å²) < 4.78 is 67.0. The summed E-state index contributed by atoms with van der Waals surface area (Å²) in [4.78, 5) is 12.9. The number of benzene rings is 2. The molecule has 3 rings (SSSR count). The molecule has 2 aromatic rings. The Balaban J connectivity index is 1.90. The number of halogens is 4. The molecule has 8 heteroatoms. The van der Waals surface area contributed by atoms with Gasteiger partial charge in [-0.2, -0.15) is 17.6 Å². The molecule has 2 aromatic carbocycles. The second kappa shape index (κ2) is 7.53. The molecule has 0 aromatic heterocycles. The number of rotatable bonds is 4. The molecule has 1 atom stereocenters. The normalized spacial score (nSPS) is 19.9. The SMILES string of the molecule is COc1ccc(C2N(C(=O)OCc3ccccc3)C=CC(F)(F)C2(F)F)cc1. The topological polar surface area (TPSA) is 38.8 Å². The molecule has 0 saturated carbocycles. The third-order valence-corrected chi connectivity index (χ3v) is 4.36. The maximum atomic E-state index is 14.6. The Kier molecular flexibility index (Phi) is 5.31. The maximum Gasteiger partial charge on any atom is 0.414 e. The number of hydrogen-bond donors (Lipinski definition) is 0. The summed E-state index contributed by atoms with van der Waals surface area (Å²) in [7, 11) is 1.38. The van der Waals surface area contributed by atoms with Crippen molar-refractivity contribution >= 4 is 6.09 Å². The number of allylic oxidation sites excluding steroid dienone is 1. The Morgan fingerprint density at radius 3 is 2.29 bits per heavy atom. The highest BCUT2D eigenvalue weighted by molar-refractivity contribution is 5.70. The Bertz CT molecular complexity index is 854. The van der Waals surface area contributed by atoms with Crippen LogP contribution in [0.25, 0.3) is 0 Å². The Labute approximate surface area is 159 Å². The molecule has 0 bridgehead atoms. The fourth-order valence-electron chi connectivity index (χ4n) is 2.84. The van der Waals surface area contributed by atoms with Crippen molar-refractivity contribution < 1.29 is 31.8 Å². The summed E-state index contributed by atoms with van der Waals surface area (Å²) in [5, 5.41) is 0. The van der Waals surface area contributed by atoms with E-state index in [1.807, 2.05) is 0 Å². The lowest BCUT2D eigenvalue weighted by Gasteiger charge is -2.40. The first kappa shape index (κ1) is 19.7. The summed E-state index contributed by atoms with van der Waals surface area (Å²) in [5.41, 5.74) is 0.460. The number of ether oxygens (including phenoxy) is 2. The van der Waals surface area contributed by atoms with Gasteiger partial charge in [-0.3, -0.25) is 4.90 Å². The van der Waals surface area contributed by atoms with Crippen LogP contribution in [0.2, 0.25) is 0 Å². The number of hydrogen-bond acceptors (Lipinski definition) is 3. The maximum absolute atomic E-state index is 14.6. The van der Waals surface area contributed by atoms with Crippen LogP contribution in [0.15, 0.2) is 66.9 Å². The number of carbonyl (C=O) groups excluding carboxylic acids is 1. The average Bonchev–Trinajstić information content (AvgIpc) is 2.69. The monoisotopic (exact) mass is 395 g/mol. The first-order chi connectivity index (χ1) is 13.3. The number of alkyl halides is 4. The fourth-order valence-corrected chi connectivity index (χ4v) is 2.84. The molecule has 1 heterocycles. The summed E-state index contributed by atoms with van der Waals surface area (Å²) in [6.07, 6.45) is -0.507. The van der Waals surface area contributed by atoms with Crippen LogP contribution in [0.3, 0.4) is 0 Å². The van der Waals surface area contributed by atoms with Crippen LogP contribution in [0.4, 0.5) is 22.4 Å². The van der Waals surface area contributed by atoms with E-state index < -0.39 is 24.0 Å². The van der Waals surface area contributed by atoms with Gasteiger partial charge in [0.15, 0.2) is 0 Å². The molecule has 0 N–H and O–H groups in total. The van der Waals surface area contributed by atoms with E-state index in [1.54, 1.807) is 30.3 Å². The zero-order chi connectivity index (χ0) is 20.4. The lowest BCUT2D eigenvalue weighted by Crippen LogP contribution is -2.54. The van der Waals surface area contributed by atoms with Crippen LogP contribution in [0.5, 0.6) is 5.75 Å². The molecule has 1 aliphatic heterocycles.